The molecule has 2 heterocycles. The molecule has 2 rings (SSSR count). The first-order valence-electron chi connectivity index (χ1n) is 5.62. The van der Waals surface area contributed by atoms with E-state index in [1.54, 1.807) is 13.2 Å². The molecule has 0 radical (unpaired) electrons. The molecule has 0 N–H and O–H groups in total. The van der Waals surface area contributed by atoms with Crippen LogP contribution in [0.15, 0.2) is 16.5 Å². The van der Waals surface area contributed by atoms with Crippen LogP contribution in [0.3, 0.4) is 0 Å². The molecule has 4 nitrogen and oxygen atoms in total. The highest BCUT2D eigenvalue weighted by Gasteiger charge is 2.21. The molecule has 0 bridgehead atoms. The van der Waals surface area contributed by atoms with Crippen LogP contribution in [0, 0.1) is 5.92 Å². The fourth-order valence-electron chi connectivity index (χ4n) is 2.21. The molecule has 4 heteroatoms. The number of aldehydes is 1. The number of rotatable bonds is 4. The van der Waals surface area contributed by atoms with Crippen molar-refractivity contribution >= 4 is 12.2 Å². The minimum absolute atomic E-state index is 0.392. The van der Waals surface area contributed by atoms with Gasteiger partial charge in [0.05, 0.1) is 6.61 Å². The molecule has 1 aromatic rings. The molecule has 0 aromatic carbocycles. The maximum atomic E-state index is 10.5. The number of nitrogens with zero attached hydrogens (tertiary/aromatic N) is 1. The molecule has 16 heavy (non-hydrogen) atoms. The van der Waals surface area contributed by atoms with Crippen molar-refractivity contribution in [2.24, 2.45) is 5.92 Å². The number of carbonyl (C=O) groups is 1. The number of carbonyl (C=O) groups excluding carboxylic acids is 1. The summed E-state index contributed by atoms with van der Waals surface area (Å²) in [7, 11) is 1.73. The Labute approximate surface area is 95.2 Å². The molecule has 1 unspecified atom stereocenters. The molecule has 0 aliphatic carbocycles. The van der Waals surface area contributed by atoms with Crippen molar-refractivity contribution in [2.45, 2.75) is 12.8 Å². The molecule has 1 atom stereocenters. The predicted molar refractivity (Wildman–Crippen MR) is 60.9 cm³/mol. The molecule has 88 valence electrons. The van der Waals surface area contributed by atoms with Gasteiger partial charge in [0.15, 0.2) is 17.9 Å². The van der Waals surface area contributed by atoms with Gasteiger partial charge in [-0.1, -0.05) is 0 Å². The Morgan fingerprint density at radius 3 is 3.19 bits per heavy atom. The summed E-state index contributed by atoms with van der Waals surface area (Å²) in [6.07, 6.45) is 3.08. The molecule has 0 spiro atoms. The van der Waals surface area contributed by atoms with Gasteiger partial charge in [0, 0.05) is 26.3 Å². The van der Waals surface area contributed by atoms with Gasteiger partial charge in [0.1, 0.15) is 0 Å². The van der Waals surface area contributed by atoms with E-state index in [1.165, 1.54) is 6.42 Å². The fourth-order valence-corrected chi connectivity index (χ4v) is 2.21. The number of piperidine rings is 1. The van der Waals surface area contributed by atoms with Crippen molar-refractivity contribution in [3.63, 3.8) is 0 Å². The largest absolute Gasteiger partial charge is 0.438 e. The maximum absolute atomic E-state index is 10.5. The van der Waals surface area contributed by atoms with Crippen LogP contribution in [0.5, 0.6) is 0 Å². The molecular formula is C12H17NO3. The van der Waals surface area contributed by atoms with Crippen molar-refractivity contribution < 1.29 is 13.9 Å². The van der Waals surface area contributed by atoms with Gasteiger partial charge in [-0.15, -0.1) is 0 Å². The SMILES string of the molecule is COCC1CCCN(c2ccc(C=O)o2)C1. The first-order chi connectivity index (χ1) is 7.83. The second-order valence-corrected chi connectivity index (χ2v) is 4.20. The third kappa shape index (κ3) is 2.44. The lowest BCUT2D eigenvalue weighted by Gasteiger charge is -2.32. The van der Waals surface area contributed by atoms with Gasteiger partial charge in [-0.2, -0.15) is 0 Å². The molecule has 1 aromatic heterocycles. The van der Waals surface area contributed by atoms with Crippen molar-refractivity contribution in [3.8, 4) is 0 Å². The van der Waals surface area contributed by atoms with Crippen LogP contribution in [-0.2, 0) is 4.74 Å². The van der Waals surface area contributed by atoms with Crippen LogP contribution in [-0.4, -0.2) is 33.1 Å². The summed E-state index contributed by atoms with van der Waals surface area (Å²) in [6.45, 7) is 2.73. The van der Waals surface area contributed by atoms with Gasteiger partial charge in [-0.05, 0) is 24.8 Å². The van der Waals surface area contributed by atoms with E-state index in [2.05, 4.69) is 4.90 Å². The normalized spacial score (nSPS) is 21.1. The van der Waals surface area contributed by atoms with E-state index in [0.717, 1.165) is 38.3 Å². The van der Waals surface area contributed by atoms with Gasteiger partial charge in [-0.25, -0.2) is 0 Å². The molecule has 1 aliphatic heterocycles. The quantitative estimate of drug-likeness (QED) is 0.732. The van der Waals surface area contributed by atoms with Crippen LogP contribution in [0.1, 0.15) is 23.4 Å². The Balaban J connectivity index is 2.00. The highest BCUT2D eigenvalue weighted by Crippen LogP contribution is 2.24. The lowest BCUT2D eigenvalue weighted by molar-refractivity contribution is 0.110. The Hall–Kier alpha value is -1.29. The van der Waals surface area contributed by atoms with E-state index >= 15 is 0 Å². The van der Waals surface area contributed by atoms with E-state index < -0.39 is 0 Å². The van der Waals surface area contributed by atoms with Crippen LogP contribution in [0.4, 0.5) is 5.88 Å². The predicted octanol–water partition coefficient (Wildman–Crippen LogP) is 1.95. The molecule has 1 fully saturated rings. The van der Waals surface area contributed by atoms with Crippen molar-refractivity contribution in [1.82, 2.24) is 0 Å². The second-order valence-electron chi connectivity index (χ2n) is 4.20. The molecule has 1 aliphatic rings. The Bertz CT molecular complexity index is 346. The minimum atomic E-state index is 0.392. The zero-order valence-electron chi connectivity index (χ0n) is 9.52. The lowest BCUT2D eigenvalue weighted by Crippen LogP contribution is -2.36. The van der Waals surface area contributed by atoms with E-state index in [4.69, 9.17) is 9.15 Å². The van der Waals surface area contributed by atoms with Gasteiger partial charge >= 0.3 is 0 Å². The molecule has 0 amide bonds. The van der Waals surface area contributed by atoms with Gasteiger partial charge in [0.2, 0.25) is 0 Å². The van der Waals surface area contributed by atoms with Crippen LogP contribution >= 0.6 is 0 Å². The summed E-state index contributed by atoms with van der Waals surface area (Å²) in [6, 6.07) is 3.57. The van der Waals surface area contributed by atoms with E-state index in [0.29, 0.717) is 11.7 Å². The van der Waals surface area contributed by atoms with Crippen molar-refractivity contribution in [1.29, 1.82) is 0 Å². The number of hydrogen-bond acceptors (Lipinski definition) is 4. The van der Waals surface area contributed by atoms with Gasteiger partial charge in [-0.3, -0.25) is 4.79 Å². The van der Waals surface area contributed by atoms with E-state index in [-0.39, 0.29) is 0 Å². The summed E-state index contributed by atoms with van der Waals surface area (Å²) in [5.74, 6) is 1.75. The van der Waals surface area contributed by atoms with Crippen LogP contribution in [0.2, 0.25) is 0 Å². The molecule has 1 saturated heterocycles. The number of anilines is 1. The Morgan fingerprint density at radius 1 is 1.62 bits per heavy atom. The molecular weight excluding hydrogens is 206 g/mol. The van der Waals surface area contributed by atoms with Crippen LogP contribution in [0.25, 0.3) is 0 Å². The zero-order chi connectivity index (χ0) is 11.4. The highest BCUT2D eigenvalue weighted by atomic mass is 16.5. The van der Waals surface area contributed by atoms with Gasteiger partial charge in [0.25, 0.3) is 0 Å². The summed E-state index contributed by atoms with van der Waals surface area (Å²) >= 11 is 0. The summed E-state index contributed by atoms with van der Waals surface area (Å²) in [4.78, 5) is 12.7. The monoisotopic (exact) mass is 223 g/mol. The van der Waals surface area contributed by atoms with Crippen LogP contribution < -0.4 is 4.90 Å². The fraction of sp³-hybridized carbons (Fsp3) is 0.583. The average Bonchev–Trinajstić information content (AvgIpc) is 2.78. The smallest absolute Gasteiger partial charge is 0.196 e. The lowest BCUT2D eigenvalue weighted by atomic mass is 9.99. The Kier molecular flexibility index (Phi) is 3.62. The van der Waals surface area contributed by atoms with E-state index in [1.807, 2.05) is 6.07 Å². The highest BCUT2D eigenvalue weighted by molar-refractivity contribution is 5.71. The molecule has 0 saturated carbocycles. The topological polar surface area (TPSA) is 42.7 Å². The third-order valence-electron chi connectivity index (χ3n) is 2.96. The van der Waals surface area contributed by atoms with Crippen molar-refractivity contribution in [2.75, 3.05) is 31.7 Å². The minimum Gasteiger partial charge on any atom is -0.438 e. The maximum Gasteiger partial charge on any atom is 0.196 e. The first kappa shape index (κ1) is 11.2. The third-order valence-corrected chi connectivity index (χ3v) is 2.96. The van der Waals surface area contributed by atoms with Gasteiger partial charge < -0.3 is 14.1 Å². The van der Waals surface area contributed by atoms with E-state index in [9.17, 15) is 4.79 Å². The summed E-state index contributed by atoms with van der Waals surface area (Å²) in [5, 5.41) is 0. The first-order valence-corrected chi connectivity index (χ1v) is 5.62. The summed E-state index contributed by atoms with van der Waals surface area (Å²) < 4.78 is 10.6. The Morgan fingerprint density at radius 2 is 2.50 bits per heavy atom. The number of hydrogen-bond donors (Lipinski definition) is 0. The summed E-state index contributed by atoms with van der Waals surface area (Å²) in [5.41, 5.74) is 0. The standard InChI is InChI=1S/C12H17NO3/c1-15-9-10-3-2-6-13(7-10)12-5-4-11(8-14)16-12/h4-5,8,10H,2-3,6-7,9H2,1H3. The second kappa shape index (κ2) is 5.16. The number of furan rings is 1. The number of ether oxygens (including phenoxy) is 1. The average molecular weight is 223 g/mol. The van der Waals surface area contributed by atoms with Crippen molar-refractivity contribution in [3.05, 3.63) is 17.9 Å². The number of methoxy groups -OCH3 is 1. The zero-order valence-corrected chi connectivity index (χ0v) is 9.52.